The van der Waals surface area contributed by atoms with Crippen LogP contribution in [0.1, 0.15) is 77.6 Å². The monoisotopic (exact) mass is 285 g/mol. The van der Waals surface area contributed by atoms with Crippen LogP contribution in [-0.2, 0) is 4.74 Å². The molecule has 1 aliphatic heterocycles. The number of hydrogen-bond donors (Lipinski definition) is 2. The average Bonchev–Trinajstić information content (AvgIpc) is 2.87. The fourth-order valence-electron chi connectivity index (χ4n) is 2.79. The van der Waals surface area contributed by atoms with Crippen LogP contribution in [0.3, 0.4) is 0 Å². The van der Waals surface area contributed by atoms with E-state index >= 15 is 0 Å². The summed E-state index contributed by atoms with van der Waals surface area (Å²) in [5, 5.41) is 13.4. The Morgan fingerprint density at radius 2 is 1.55 bits per heavy atom. The second kappa shape index (κ2) is 11.5. The zero-order valence-corrected chi connectivity index (χ0v) is 13.5. The van der Waals surface area contributed by atoms with E-state index in [2.05, 4.69) is 12.2 Å². The fraction of sp³-hybridized carbons (Fsp3) is 1.00. The summed E-state index contributed by atoms with van der Waals surface area (Å²) < 4.78 is 5.23. The molecule has 120 valence electrons. The van der Waals surface area contributed by atoms with Crippen LogP contribution in [0.25, 0.3) is 0 Å². The van der Waals surface area contributed by atoms with Crippen LogP contribution in [0.15, 0.2) is 0 Å². The third-order valence-electron chi connectivity index (χ3n) is 4.24. The minimum Gasteiger partial charge on any atom is -0.386 e. The van der Waals surface area contributed by atoms with Gasteiger partial charge in [-0.1, -0.05) is 64.7 Å². The van der Waals surface area contributed by atoms with Crippen molar-refractivity contribution >= 4 is 0 Å². The molecular weight excluding hydrogens is 250 g/mol. The third-order valence-corrected chi connectivity index (χ3v) is 4.24. The van der Waals surface area contributed by atoms with Crippen molar-refractivity contribution in [1.29, 1.82) is 0 Å². The molecule has 1 fully saturated rings. The molecule has 1 rings (SSSR count). The largest absolute Gasteiger partial charge is 0.386 e. The smallest absolute Gasteiger partial charge is 0.102 e. The highest BCUT2D eigenvalue weighted by atomic mass is 16.5. The van der Waals surface area contributed by atoms with Gasteiger partial charge >= 0.3 is 0 Å². The number of ether oxygens (including phenoxy) is 1. The van der Waals surface area contributed by atoms with E-state index in [1.54, 1.807) is 0 Å². The average molecular weight is 285 g/mol. The summed E-state index contributed by atoms with van der Waals surface area (Å²) in [4.78, 5) is 0. The first-order valence-corrected chi connectivity index (χ1v) is 8.78. The second-order valence-electron chi connectivity index (χ2n) is 6.39. The highest BCUT2D eigenvalue weighted by Gasteiger charge is 2.31. The Bertz CT molecular complexity index is 215. The molecule has 1 atom stereocenters. The summed E-state index contributed by atoms with van der Waals surface area (Å²) in [6.07, 6.45) is 14.5. The standard InChI is InChI=1S/C17H35NO2/c1-2-3-4-5-6-7-8-9-10-11-13-18-15-17(19)12-14-20-16-17/h18-19H,2-16H2,1H3. The van der Waals surface area contributed by atoms with Gasteiger partial charge in [0.05, 0.1) is 6.61 Å². The lowest BCUT2D eigenvalue weighted by molar-refractivity contribution is 0.0272. The van der Waals surface area contributed by atoms with Crippen molar-refractivity contribution in [3.63, 3.8) is 0 Å². The molecule has 1 aliphatic rings. The SMILES string of the molecule is CCCCCCCCCCCCNCC1(O)CCOC1. The van der Waals surface area contributed by atoms with Crippen LogP contribution in [0.5, 0.6) is 0 Å². The van der Waals surface area contributed by atoms with Gasteiger partial charge in [0.2, 0.25) is 0 Å². The van der Waals surface area contributed by atoms with Crippen molar-refractivity contribution in [2.75, 3.05) is 26.3 Å². The van der Waals surface area contributed by atoms with Gasteiger partial charge in [-0.15, -0.1) is 0 Å². The van der Waals surface area contributed by atoms with Crippen LogP contribution in [0, 0.1) is 0 Å². The minimum absolute atomic E-state index is 0.498. The molecule has 0 aliphatic carbocycles. The lowest BCUT2D eigenvalue weighted by Gasteiger charge is -2.20. The van der Waals surface area contributed by atoms with Crippen LogP contribution < -0.4 is 5.32 Å². The quantitative estimate of drug-likeness (QED) is 0.508. The van der Waals surface area contributed by atoms with E-state index in [0.717, 1.165) is 13.0 Å². The lowest BCUT2D eigenvalue weighted by Crippen LogP contribution is -2.41. The maximum absolute atomic E-state index is 10.1. The maximum Gasteiger partial charge on any atom is 0.102 e. The molecule has 20 heavy (non-hydrogen) atoms. The van der Waals surface area contributed by atoms with E-state index in [0.29, 0.717) is 19.8 Å². The maximum atomic E-state index is 10.1. The zero-order chi connectivity index (χ0) is 14.5. The number of unbranched alkanes of at least 4 members (excludes halogenated alkanes) is 9. The van der Waals surface area contributed by atoms with E-state index < -0.39 is 5.60 Å². The predicted molar refractivity (Wildman–Crippen MR) is 85.1 cm³/mol. The van der Waals surface area contributed by atoms with Crippen molar-refractivity contribution in [3.8, 4) is 0 Å². The van der Waals surface area contributed by atoms with Gasteiger partial charge in [-0.05, 0) is 13.0 Å². The first-order chi connectivity index (χ1) is 9.77. The third kappa shape index (κ3) is 8.93. The number of rotatable bonds is 13. The van der Waals surface area contributed by atoms with Crippen molar-refractivity contribution in [2.45, 2.75) is 83.2 Å². The summed E-state index contributed by atoms with van der Waals surface area (Å²) in [6, 6.07) is 0. The molecule has 0 bridgehead atoms. The molecule has 3 heteroatoms. The normalized spacial score (nSPS) is 22.5. The van der Waals surface area contributed by atoms with E-state index in [1.807, 2.05) is 0 Å². The second-order valence-corrected chi connectivity index (χ2v) is 6.39. The summed E-state index contributed by atoms with van der Waals surface area (Å²) in [6.45, 7) is 5.18. The van der Waals surface area contributed by atoms with Crippen molar-refractivity contribution < 1.29 is 9.84 Å². The molecule has 0 spiro atoms. The molecule has 3 nitrogen and oxygen atoms in total. The van der Waals surface area contributed by atoms with Gasteiger partial charge in [-0.25, -0.2) is 0 Å². The highest BCUT2D eigenvalue weighted by Crippen LogP contribution is 2.16. The van der Waals surface area contributed by atoms with Gasteiger partial charge < -0.3 is 15.2 Å². The summed E-state index contributed by atoms with van der Waals surface area (Å²) in [7, 11) is 0. The molecular formula is C17H35NO2. The minimum atomic E-state index is -0.599. The van der Waals surface area contributed by atoms with Crippen molar-refractivity contribution in [2.24, 2.45) is 0 Å². The van der Waals surface area contributed by atoms with Crippen LogP contribution in [-0.4, -0.2) is 37.0 Å². The summed E-state index contributed by atoms with van der Waals surface area (Å²) in [5.41, 5.74) is -0.599. The number of aliphatic hydroxyl groups is 1. The molecule has 0 aromatic rings. The van der Waals surface area contributed by atoms with E-state index in [4.69, 9.17) is 4.74 Å². The van der Waals surface area contributed by atoms with Gasteiger partial charge in [0, 0.05) is 19.6 Å². The Labute approximate surface area is 125 Å². The highest BCUT2D eigenvalue weighted by molar-refractivity contribution is 4.84. The zero-order valence-electron chi connectivity index (χ0n) is 13.5. The van der Waals surface area contributed by atoms with E-state index in [-0.39, 0.29) is 0 Å². The molecule has 1 saturated heterocycles. The Morgan fingerprint density at radius 3 is 2.10 bits per heavy atom. The predicted octanol–water partition coefficient (Wildman–Crippen LogP) is 3.65. The number of hydrogen-bond acceptors (Lipinski definition) is 3. The van der Waals surface area contributed by atoms with Gasteiger partial charge in [-0.2, -0.15) is 0 Å². The Balaban J connectivity index is 1.74. The molecule has 1 unspecified atom stereocenters. The van der Waals surface area contributed by atoms with E-state index in [1.165, 1.54) is 64.2 Å². The molecule has 0 amide bonds. The van der Waals surface area contributed by atoms with Crippen LogP contribution >= 0.6 is 0 Å². The summed E-state index contributed by atoms with van der Waals surface area (Å²) >= 11 is 0. The molecule has 0 aromatic heterocycles. The number of nitrogens with one attached hydrogen (secondary N) is 1. The van der Waals surface area contributed by atoms with Gasteiger partial charge in [0.15, 0.2) is 0 Å². The van der Waals surface area contributed by atoms with Crippen LogP contribution in [0.2, 0.25) is 0 Å². The molecule has 0 saturated carbocycles. The molecule has 1 heterocycles. The molecule has 0 aromatic carbocycles. The Morgan fingerprint density at radius 1 is 0.950 bits per heavy atom. The Hall–Kier alpha value is -0.120. The first-order valence-electron chi connectivity index (χ1n) is 8.78. The van der Waals surface area contributed by atoms with E-state index in [9.17, 15) is 5.11 Å². The fourth-order valence-corrected chi connectivity index (χ4v) is 2.79. The van der Waals surface area contributed by atoms with Gasteiger partial charge in [-0.3, -0.25) is 0 Å². The van der Waals surface area contributed by atoms with Crippen LogP contribution in [0.4, 0.5) is 0 Å². The topological polar surface area (TPSA) is 41.5 Å². The molecule has 0 radical (unpaired) electrons. The van der Waals surface area contributed by atoms with Crippen molar-refractivity contribution in [3.05, 3.63) is 0 Å². The van der Waals surface area contributed by atoms with Crippen molar-refractivity contribution in [1.82, 2.24) is 5.32 Å². The summed E-state index contributed by atoms with van der Waals surface area (Å²) in [5.74, 6) is 0. The van der Waals surface area contributed by atoms with Gasteiger partial charge in [0.25, 0.3) is 0 Å². The first kappa shape index (κ1) is 17.9. The molecule has 2 N–H and O–H groups in total. The lowest BCUT2D eigenvalue weighted by atomic mass is 10.0. The Kier molecular flexibility index (Phi) is 10.3. The van der Waals surface area contributed by atoms with Gasteiger partial charge in [0.1, 0.15) is 5.60 Å².